The van der Waals surface area contributed by atoms with Gasteiger partial charge in [0.05, 0.1) is 23.4 Å². The summed E-state index contributed by atoms with van der Waals surface area (Å²) in [4.78, 5) is 16.9. The molecule has 1 aliphatic heterocycles. The van der Waals surface area contributed by atoms with E-state index in [-0.39, 0.29) is 12.7 Å². The van der Waals surface area contributed by atoms with Gasteiger partial charge in [-0.15, -0.1) is 0 Å². The summed E-state index contributed by atoms with van der Waals surface area (Å²) in [7, 11) is 1.64. The molecule has 7 heteroatoms. The van der Waals surface area contributed by atoms with Gasteiger partial charge in [0.15, 0.2) is 11.5 Å². The molecule has 0 radical (unpaired) electrons. The first-order valence-corrected chi connectivity index (χ1v) is 9.84. The van der Waals surface area contributed by atoms with Gasteiger partial charge in [-0.1, -0.05) is 17.8 Å². The number of aromatic nitrogens is 1. The maximum atomic E-state index is 12.2. The van der Waals surface area contributed by atoms with Crippen molar-refractivity contribution in [3.05, 3.63) is 53.6 Å². The third kappa shape index (κ3) is 3.99. The van der Waals surface area contributed by atoms with Crippen molar-refractivity contribution in [2.75, 3.05) is 19.7 Å². The molecule has 1 amide bonds. The zero-order valence-electron chi connectivity index (χ0n) is 15.7. The first kappa shape index (κ1) is 18.4. The van der Waals surface area contributed by atoms with Crippen molar-refractivity contribution < 1.29 is 19.0 Å². The summed E-state index contributed by atoms with van der Waals surface area (Å²) in [6, 6.07) is 13.5. The van der Waals surface area contributed by atoms with Crippen LogP contribution < -0.4 is 19.5 Å². The zero-order valence-corrected chi connectivity index (χ0v) is 16.5. The molecule has 0 atom stereocenters. The molecule has 4 rings (SSSR count). The fraction of sp³-hybridized carbons (Fsp3) is 0.238. The van der Waals surface area contributed by atoms with Crippen LogP contribution in [0, 0.1) is 6.92 Å². The topological polar surface area (TPSA) is 69.7 Å². The van der Waals surface area contributed by atoms with Gasteiger partial charge < -0.3 is 19.5 Å². The van der Waals surface area contributed by atoms with Gasteiger partial charge in [0.1, 0.15) is 5.75 Å². The summed E-state index contributed by atoms with van der Waals surface area (Å²) in [6.45, 7) is 2.73. The van der Waals surface area contributed by atoms with Gasteiger partial charge in [-0.2, -0.15) is 0 Å². The van der Waals surface area contributed by atoms with Crippen molar-refractivity contribution in [1.82, 2.24) is 10.3 Å². The van der Waals surface area contributed by atoms with E-state index in [4.69, 9.17) is 14.2 Å². The van der Waals surface area contributed by atoms with Crippen LogP contribution in [0.4, 0.5) is 0 Å². The van der Waals surface area contributed by atoms with E-state index in [9.17, 15) is 4.79 Å². The quantitative estimate of drug-likeness (QED) is 0.641. The van der Waals surface area contributed by atoms with Crippen molar-refractivity contribution in [1.29, 1.82) is 0 Å². The van der Waals surface area contributed by atoms with Gasteiger partial charge >= 0.3 is 0 Å². The van der Waals surface area contributed by atoms with Crippen molar-refractivity contribution >= 4 is 28.6 Å². The molecule has 0 bridgehead atoms. The molecule has 0 unspecified atom stereocenters. The van der Waals surface area contributed by atoms with Crippen LogP contribution >= 0.6 is 11.8 Å². The molecular formula is C21H20N2O4S. The van der Waals surface area contributed by atoms with Crippen LogP contribution in [0.1, 0.15) is 11.1 Å². The lowest BCUT2D eigenvalue weighted by Gasteiger charge is -2.09. The summed E-state index contributed by atoms with van der Waals surface area (Å²) in [5, 5.41) is 4.82. The summed E-state index contributed by atoms with van der Waals surface area (Å²) in [6.07, 6.45) is 0. The molecule has 3 aromatic rings. The highest BCUT2D eigenvalue weighted by Gasteiger charge is 2.13. The minimum Gasteiger partial charge on any atom is -0.497 e. The largest absolute Gasteiger partial charge is 0.497 e. The Morgan fingerprint density at radius 3 is 2.89 bits per heavy atom. The highest BCUT2D eigenvalue weighted by Crippen LogP contribution is 2.32. The van der Waals surface area contributed by atoms with Crippen LogP contribution in [0.2, 0.25) is 0 Å². The Morgan fingerprint density at radius 1 is 1.18 bits per heavy atom. The average Bonchev–Trinajstić information content (AvgIpc) is 3.18. The van der Waals surface area contributed by atoms with E-state index in [2.05, 4.69) is 10.3 Å². The van der Waals surface area contributed by atoms with Crippen molar-refractivity contribution in [2.24, 2.45) is 0 Å². The van der Waals surface area contributed by atoms with E-state index in [1.54, 1.807) is 7.11 Å². The Labute approximate surface area is 167 Å². The van der Waals surface area contributed by atoms with Crippen molar-refractivity contribution in [3.63, 3.8) is 0 Å². The number of benzene rings is 2. The molecule has 0 saturated carbocycles. The Kier molecular flexibility index (Phi) is 5.25. The van der Waals surface area contributed by atoms with E-state index >= 15 is 0 Å². The maximum absolute atomic E-state index is 12.2. The minimum atomic E-state index is -0.0483. The molecule has 1 aromatic heterocycles. The van der Waals surface area contributed by atoms with Crippen LogP contribution in [0.15, 0.2) is 47.5 Å². The fourth-order valence-electron chi connectivity index (χ4n) is 2.99. The monoisotopic (exact) mass is 396 g/mol. The molecular weight excluding hydrogens is 376 g/mol. The van der Waals surface area contributed by atoms with Gasteiger partial charge in [-0.05, 0) is 48.4 Å². The third-order valence-electron chi connectivity index (χ3n) is 4.48. The second-order valence-corrected chi connectivity index (χ2v) is 7.41. The number of nitrogens with one attached hydrogen (secondary N) is 1. The van der Waals surface area contributed by atoms with Crippen LogP contribution in [-0.2, 0) is 11.3 Å². The summed E-state index contributed by atoms with van der Waals surface area (Å²) in [5.74, 6) is 2.47. The minimum absolute atomic E-state index is 0.0483. The Bertz CT molecular complexity index is 1040. The number of hydrogen-bond acceptors (Lipinski definition) is 6. The molecule has 1 N–H and O–H groups in total. The number of methoxy groups -OCH3 is 1. The smallest absolute Gasteiger partial charge is 0.231 e. The number of thioether (sulfide) groups is 1. The lowest BCUT2D eigenvalue weighted by molar-refractivity contribution is -0.118. The van der Waals surface area contributed by atoms with Crippen LogP contribution in [0.3, 0.4) is 0 Å². The predicted molar refractivity (Wildman–Crippen MR) is 108 cm³/mol. The van der Waals surface area contributed by atoms with Crippen molar-refractivity contribution in [2.45, 2.75) is 18.5 Å². The van der Waals surface area contributed by atoms with Gasteiger partial charge in [0.2, 0.25) is 12.7 Å². The molecule has 0 spiro atoms. The zero-order chi connectivity index (χ0) is 19.5. The first-order valence-electron chi connectivity index (χ1n) is 8.86. The Hall–Kier alpha value is -2.93. The lowest BCUT2D eigenvalue weighted by atomic mass is 10.1. The van der Waals surface area contributed by atoms with E-state index in [1.807, 2.05) is 49.4 Å². The number of ether oxygens (including phenoxy) is 3. The number of hydrogen-bond donors (Lipinski definition) is 1. The highest BCUT2D eigenvalue weighted by atomic mass is 32.2. The molecule has 1 aliphatic rings. The predicted octanol–water partition coefficient (Wildman–Crippen LogP) is 3.69. The number of fused-ring (bicyclic) bond motifs is 2. The number of carbonyl (C=O) groups is 1. The molecule has 0 fully saturated rings. The normalized spacial score (nSPS) is 12.2. The molecule has 2 aromatic carbocycles. The molecule has 6 nitrogen and oxygen atoms in total. The van der Waals surface area contributed by atoms with Crippen LogP contribution in [0.5, 0.6) is 17.2 Å². The van der Waals surface area contributed by atoms with Gasteiger partial charge in [-0.3, -0.25) is 4.79 Å². The molecule has 28 heavy (non-hydrogen) atoms. The number of rotatable bonds is 6. The second-order valence-electron chi connectivity index (χ2n) is 6.41. The SMILES string of the molecule is COc1ccc2c(C)cc(SCC(=O)NCc3ccc4c(c3)OCO4)nc2c1. The number of aryl methyl sites for hydroxylation is 1. The van der Waals surface area contributed by atoms with Gasteiger partial charge in [0.25, 0.3) is 0 Å². The molecule has 2 heterocycles. The van der Waals surface area contributed by atoms with E-state index in [1.165, 1.54) is 11.8 Å². The fourth-order valence-corrected chi connectivity index (χ4v) is 3.80. The Balaban J connectivity index is 1.36. The van der Waals surface area contributed by atoms with Gasteiger partial charge in [-0.25, -0.2) is 4.98 Å². The van der Waals surface area contributed by atoms with E-state index in [0.29, 0.717) is 18.0 Å². The van der Waals surface area contributed by atoms with Gasteiger partial charge in [0, 0.05) is 18.0 Å². The number of amides is 1. The van der Waals surface area contributed by atoms with E-state index < -0.39 is 0 Å². The maximum Gasteiger partial charge on any atom is 0.231 e. The third-order valence-corrected chi connectivity index (χ3v) is 5.39. The number of nitrogens with zero attached hydrogens (tertiary/aromatic N) is 1. The van der Waals surface area contributed by atoms with E-state index in [0.717, 1.165) is 38.6 Å². The summed E-state index contributed by atoms with van der Waals surface area (Å²) in [5.41, 5.74) is 2.95. The molecule has 0 aliphatic carbocycles. The number of pyridine rings is 1. The highest BCUT2D eigenvalue weighted by molar-refractivity contribution is 7.99. The summed E-state index contributed by atoms with van der Waals surface area (Å²) >= 11 is 1.42. The standard InChI is InChI=1S/C21H20N2O4S/c1-13-7-21(23-17-9-15(25-2)4-5-16(13)17)28-11-20(24)22-10-14-3-6-18-19(8-14)27-12-26-18/h3-9H,10-12H2,1-2H3,(H,22,24). The first-order chi connectivity index (χ1) is 13.6. The molecule has 0 saturated heterocycles. The average molecular weight is 396 g/mol. The summed E-state index contributed by atoms with van der Waals surface area (Å²) < 4.78 is 15.9. The van der Waals surface area contributed by atoms with Crippen molar-refractivity contribution in [3.8, 4) is 17.2 Å². The Morgan fingerprint density at radius 2 is 2.04 bits per heavy atom. The second kappa shape index (κ2) is 7.98. The molecule has 144 valence electrons. The number of carbonyl (C=O) groups excluding carboxylic acids is 1. The van der Waals surface area contributed by atoms with Crippen LogP contribution in [-0.4, -0.2) is 30.5 Å². The van der Waals surface area contributed by atoms with Crippen LogP contribution in [0.25, 0.3) is 10.9 Å². The lowest BCUT2D eigenvalue weighted by Crippen LogP contribution is -2.24.